The smallest absolute Gasteiger partial charge is 0.223 e. The van der Waals surface area contributed by atoms with Crippen molar-refractivity contribution in [1.29, 1.82) is 0 Å². The van der Waals surface area contributed by atoms with Crippen LogP contribution in [0.25, 0.3) is 0 Å². The van der Waals surface area contributed by atoms with Crippen molar-refractivity contribution in [3.8, 4) is 0 Å². The molecule has 0 bridgehead atoms. The number of aryl methyl sites for hydroxylation is 1. The van der Waals surface area contributed by atoms with Crippen LogP contribution >= 0.6 is 0 Å². The molecule has 1 aromatic rings. The van der Waals surface area contributed by atoms with Crippen molar-refractivity contribution in [3.63, 3.8) is 0 Å². The van der Waals surface area contributed by atoms with E-state index in [2.05, 4.69) is 15.5 Å². The summed E-state index contributed by atoms with van der Waals surface area (Å²) in [7, 11) is 0. The Balaban J connectivity index is 1.51. The summed E-state index contributed by atoms with van der Waals surface area (Å²) < 4.78 is 4.93. The molecule has 1 saturated carbocycles. The first-order chi connectivity index (χ1) is 8.34. The SMILES string of the molecule is Cc1nc(CCNCCC2CCCCC2)no1. The molecule has 4 nitrogen and oxygen atoms in total. The van der Waals surface area contributed by atoms with Gasteiger partial charge in [-0.15, -0.1) is 0 Å². The highest BCUT2D eigenvalue weighted by Gasteiger charge is 2.12. The summed E-state index contributed by atoms with van der Waals surface area (Å²) in [6, 6.07) is 0. The molecule has 0 aromatic carbocycles. The molecule has 0 atom stereocenters. The zero-order valence-electron chi connectivity index (χ0n) is 10.7. The zero-order chi connectivity index (χ0) is 11.9. The van der Waals surface area contributed by atoms with Crippen molar-refractivity contribution in [2.45, 2.75) is 51.9 Å². The van der Waals surface area contributed by atoms with Gasteiger partial charge in [-0.25, -0.2) is 0 Å². The fourth-order valence-corrected chi connectivity index (χ4v) is 2.55. The monoisotopic (exact) mass is 237 g/mol. The predicted molar refractivity (Wildman–Crippen MR) is 66.8 cm³/mol. The van der Waals surface area contributed by atoms with E-state index < -0.39 is 0 Å². The van der Waals surface area contributed by atoms with Gasteiger partial charge < -0.3 is 9.84 Å². The van der Waals surface area contributed by atoms with Crippen LogP contribution in [0.2, 0.25) is 0 Å². The summed E-state index contributed by atoms with van der Waals surface area (Å²) in [5.74, 6) is 2.43. The van der Waals surface area contributed by atoms with Crippen molar-refractivity contribution in [2.75, 3.05) is 13.1 Å². The normalized spacial score (nSPS) is 17.5. The van der Waals surface area contributed by atoms with Crippen LogP contribution in [-0.2, 0) is 6.42 Å². The van der Waals surface area contributed by atoms with Crippen LogP contribution in [-0.4, -0.2) is 23.2 Å². The molecule has 0 amide bonds. The van der Waals surface area contributed by atoms with E-state index in [1.165, 1.54) is 38.5 Å². The average Bonchev–Trinajstić information content (AvgIpc) is 2.76. The van der Waals surface area contributed by atoms with Gasteiger partial charge in [0, 0.05) is 19.9 Å². The minimum atomic E-state index is 0.655. The van der Waals surface area contributed by atoms with Gasteiger partial charge in [-0.2, -0.15) is 4.98 Å². The molecule has 0 spiro atoms. The highest BCUT2D eigenvalue weighted by Crippen LogP contribution is 2.25. The van der Waals surface area contributed by atoms with Crippen LogP contribution in [0, 0.1) is 12.8 Å². The number of hydrogen-bond acceptors (Lipinski definition) is 4. The van der Waals surface area contributed by atoms with E-state index in [4.69, 9.17) is 4.52 Å². The maximum Gasteiger partial charge on any atom is 0.223 e. The van der Waals surface area contributed by atoms with Gasteiger partial charge in [0.05, 0.1) is 0 Å². The van der Waals surface area contributed by atoms with E-state index >= 15 is 0 Å². The van der Waals surface area contributed by atoms with Crippen LogP contribution in [0.15, 0.2) is 4.52 Å². The summed E-state index contributed by atoms with van der Waals surface area (Å²) >= 11 is 0. The van der Waals surface area contributed by atoms with Gasteiger partial charge >= 0.3 is 0 Å². The van der Waals surface area contributed by atoms with Gasteiger partial charge in [0.1, 0.15) is 0 Å². The standard InChI is InChI=1S/C13H23N3O/c1-11-15-13(16-17-11)8-10-14-9-7-12-5-3-2-4-6-12/h12,14H,2-10H2,1H3. The van der Waals surface area contributed by atoms with Gasteiger partial charge in [-0.3, -0.25) is 0 Å². The minimum Gasteiger partial charge on any atom is -0.340 e. The summed E-state index contributed by atoms with van der Waals surface area (Å²) in [5, 5.41) is 7.35. The Hall–Kier alpha value is -0.900. The molecule has 4 heteroatoms. The maximum absolute atomic E-state index is 4.93. The molecule has 1 aromatic heterocycles. The lowest BCUT2D eigenvalue weighted by Crippen LogP contribution is -2.22. The van der Waals surface area contributed by atoms with Crippen molar-refractivity contribution in [1.82, 2.24) is 15.5 Å². The summed E-state index contributed by atoms with van der Waals surface area (Å²) in [6.45, 7) is 3.90. The van der Waals surface area contributed by atoms with Crippen LogP contribution in [0.4, 0.5) is 0 Å². The Morgan fingerprint density at radius 2 is 2.06 bits per heavy atom. The molecule has 1 fully saturated rings. The molecule has 0 aliphatic heterocycles. The highest BCUT2D eigenvalue weighted by atomic mass is 16.5. The number of hydrogen-bond donors (Lipinski definition) is 1. The number of nitrogens with zero attached hydrogens (tertiary/aromatic N) is 2. The first kappa shape index (κ1) is 12.6. The Labute approximate surface area is 103 Å². The lowest BCUT2D eigenvalue weighted by molar-refractivity contribution is 0.334. The molecule has 0 radical (unpaired) electrons. The minimum absolute atomic E-state index is 0.655. The van der Waals surface area contributed by atoms with Crippen molar-refractivity contribution in [3.05, 3.63) is 11.7 Å². The Morgan fingerprint density at radius 1 is 1.24 bits per heavy atom. The second-order valence-corrected chi connectivity index (χ2v) is 5.02. The van der Waals surface area contributed by atoms with Gasteiger partial charge in [-0.05, 0) is 18.9 Å². The topological polar surface area (TPSA) is 51.0 Å². The molecule has 2 rings (SSSR count). The predicted octanol–water partition coefficient (Wildman–Crippen LogP) is 2.48. The van der Waals surface area contributed by atoms with E-state index in [1.54, 1.807) is 0 Å². The maximum atomic E-state index is 4.93. The fourth-order valence-electron chi connectivity index (χ4n) is 2.55. The number of aromatic nitrogens is 2. The molecule has 17 heavy (non-hydrogen) atoms. The van der Waals surface area contributed by atoms with E-state index in [-0.39, 0.29) is 0 Å². The third kappa shape index (κ3) is 4.46. The molecule has 0 unspecified atom stereocenters. The van der Waals surface area contributed by atoms with Gasteiger partial charge in [0.15, 0.2) is 5.82 Å². The van der Waals surface area contributed by atoms with E-state index in [1.807, 2.05) is 6.92 Å². The first-order valence-electron chi connectivity index (χ1n) is 6.84. The Kier molecular flexibility index (Phi) is 4.98. The van der Waals surface area contributed by atoms with E-state index in [0.717, 1.165) is 31.3 Å². The third-order valence-corrected chi connectivity index (χ3v) is 3.55. The number of nitrogens with one attached hydrogen (secondary N) is 1. The summed E-state index contributed by atoms with van der Waals surface area (Å²) in [6.07, 6.45) is 9.38. The second kappa shape index (κ2) is 6.74. The second-order valence-electron chi connectivity index (χ2n) is 5.02. The lowest BCUT2D eigenvalue weighted by atomic mass is 9.87. The van der Waals surface area contributed by atoms with Gasteiger partial charge in [0.25, 0.3) is 0 Å². The van der Waals surface area contributed by atoms with Crippen LogP contribution < -0.4 is 5.32 Å². The Bertz CT molecular complexity index is 318. The molecule has 1 aliphatic carbocycles. The van der Waals surface area contributed by atoms with Crippen molar-refractivity contribution >= 4 is 0 Å². The number of rotatable bonds is 6. The lowest BCUT2D eigenvalue weighted by Gasteiger charge is -2.21. The highest BCUT2D eigenvalue weighted by molar-refractivity contribution is 4.84. The molecule has 1 heterocycles. The van der Waals surface area contributed by atoms with E-state index in [0.29, 0.717) is 5.89 Å². The molecule has 96 valence electrons. The van der Waals surface area contributed by atoms with Gasteiger partial charge in [0.2, 0.25) is 5.89 Å². The van der Waals surface area contributed by atoms with Crippen molar-refractivity contribution < 1.29 is 4.52 Å². The average molecular weight is 237 g/mol. The summed E-state index contributed by atoms with van der Waals surface area (Å²) in [5.41, 5.74) is 0. The van der Waals surface area contributed by atoms with E-state index in [9.17, 15) is 0 Å². The van der Waals surface area contributed by atoms with Crippen LogP contribution in [0.1, 0.15) is 50.2 Å². The molecular weight excluding hydrogens is 214 g/mol. The Morgan fingerprint density at radius 3 is 2.76 bits per heavy atom. The molecule has 0 saturated heterocycles. The molecular formula is C13H23N3O. The summed E-state index contributed by atoms with van der Waals surface area (Å²) in [4.78, 5) is 4.18. The first-order valence-corrected chi connectivity index (χ1v) is 6.84. The largest absolute Gasteiger partial charge is 0.340 e. The zero-order valence-corrected chi connectivity index (χ0v) is 10.7. The fraction of sp³-hybridized carbons (Fsp3) is 0.846. The molecule has 1 aliphatic rings. The van der Waals surface area contributed by atoms with Crippen LogP contribution in [0.3, 0.4) is 0 Å². The van der Waals surface area contributed by atoms with Gasteiger partial charge in [-0.1, -0.05) is 37.3 Å². The molecule has 1 N–H and O–H groups in total. The quantitative estimate of drug-likeness (QED) is 0.772. The third-order valence-electron chi connectivity index (χ3n) is 3.55. The van der Waals surface area contributed by atoms with Crippen LogP contribution in [0.5, 0.6) is 0 Å². The van der Waals surface area contributed by atoms with Crippen molar-refractivity contribution in [2.24, 2.45) is 5.92 Å².